The van der Waals surface area contributed by atoms with Crippen LogP contribution in [0.15, 0.2) is 59.6 Å². The molecule has 0 spiro atoms. The molecule has 0 aliphatic heterocycles. The van der Waals surface area contributed by atoms with Crippen molar-refractivity contribution in [1.29, 1.82) is 0 Å². The molecule has 0 saturated heterocycles. The minimum Gasteiger partial charge on any atom is -0.480 e. The Morgan fingerprint density at radius 3 is 2.42 bits per heavy atom. The van der Waals surface area contributed by atoms with E-state index in [4.69, 9.17) is 4.98 Å². The number of anilines is 1. The first kappa shape index (κ1) is 27.5. The minimum absolute atomic E-state index is 0.225. The highest BCUT2D eigenvalue weighted by molar-refractivity contribution is 8.01. The summed E-state index contributed by atoms with van der Waals surface area (Å²) in [5.41, 5.74) is 3.21. The van der Waals surface area contributed by atoms with E-state index in [0.29, 0.717) is 11.6 Å². The van der Waals surface area contributed by atoms with Crippen molar-refractivity contribution < 1.29 is 14.7 Å². The molecule has 0 saturated carbocycles. The van der Waals surface area contributed by atoms with Gasteiger partial charge in [-0.1, -0.05) is 63.9 Å². The lowest BCUT2D eigenvalue weighted by Gasteiger charge is -2.18. The van der Waals surface area contributed by atoms with Gasteiger partial charge in [0.1, 0.15) is 16.3 Å². The highest BCUT2D eigenvalue weighted by atomic mass is 32.2. The molecule has 3 rings (SSSR count). The fraction of sp³-hybridized carbons (Fsp3) is 0.414. The van der Waals surface area contributed by atoms with Gasteiger partial charge in [-0.2, -0.15) is 0 Å². The van der Waals surface area contributed by atoms with E-state index in [0.717, 1.165) is 59.8 Å². The van der Waals surface area contributed by atoms with E-state index >= 15 is 0 Å². The predicted octanol–water partition coefficient (Wildman–Crippen LogP) is 7.46. The number of hydrogen-bond acceptors (Lipinski definition) is 4. The number of carboxylic acids is 1. The fourth-order valence-electron chi connectivity index (χ4n) is 3.92. The standard InChI is InChI=1S/C29H37N3O3S/c1-6-8-11-18-32-19-25(27(33)31-24-13-10-9-12-23(24)20(3)7-2)30-26(32)21-14-16-22(17-15-21)36-29(4,5)28(34)35/h9-10,12-17,19-20H,6-8,11,18H2,1-5H3,(H,31,33)(H,34,35). The highest BCUT2D eigenvalue weighted by Crippen LogP contribution is 2.34. The lowest BCUT2D eigenvalue weighted by atomic mass is 9.97. The Hall–Kier alpha value is -3.06. The van der Waals surface area contributed by atoms with Gasteiger partial charge >= 0.3 is 5.97 Å². The van der Waals surface area contributed by atoms with Crippen LogP contribution in [-0.2, 0) is 11.3 Å². The highest BCUT2D eigenvalue weighted by Gasteiger charge is 2.28. The molecule has 0 aliphatic rings. The second-order valence-corrected chi connectivity index (χ2v) is 11.3. The van der Waals surface area contributed by atoms with Gasteiger partial charge in [-0.05, 0) is 56.4 Å². The molecular weight excluding hydrogens is 470 g/mol. The van der Waals surface area contributed by atoms with Gasteiger partial charge in [-0.15, -0.1) is 11.8 Å². The molecule has 0 fully saturated rings. The maximum absolute atomic E-state index is 13.2. The number of benzene rings is 2. The first-order valence-electron chi connectivity index (χ1n) is 12.7. The maximum atomic E-state index is 13.2. The van der Waals surface area contributed by atoms with Crippen molar-refractivity contribution in [1.82, 2.24) is 9.55 Å². The van der Waals surface area contributed by atoms with Crippen LogP contribution < -0.4 is 5.32 Å². The Bertz CT molecular complexity index is 1180. The Morgan fingerprint density at radius 2 is 1.78 bits per heavy atom. The summed E-state index contributed by atoms with van der Waals surface area (Å²) in [7, 11) is 0. The smallest absolute Gasteiger partial charge is 0.319 e. The van der Waals surface area contributed by atoms with Crippen molar-refractivity contribution >= 4 is 29.3 Å². The molecule has 2 aromatic carbocycles. The molecule has 7 heteroatoms. The zero-order chi connectivity index (χ0) is 26.3. The predicted molar refractivity (Wildman–Crippen MR) is 148 cm³/mol. The summed E-state index contributed by atoms with van der Waals surface area (Å²) in [5.74, 6) is -0.00288. The number of nitrogens with zero attached hydrogens (tertiary/aromatic N) is 2. The molecular formula is C29H37N3O3S. The van der Waals surface area contributed by atoms with E-state index in [1.165, 1.54) is 11.8 Å². The largest absolute Gasteiger partial charge is 0.480 e. The van der Waals surface area contributed by atoms with E-state index in [9.17, 15) is 14.7 Å². The zero-order valence-electron chi connectivity index (χ0n) is 21.9. The second kappa shape index (κ2) is 12.3. The Balaban J connectivity index is 1.88. The van der Waals surface area contributed by atoms with Crippen LogP contribution >= 0.6 is 11.8 Å². The van der Waals surface area contributed by atoms with Crippen LogP contribution in [0.4, 0.5) is 5.69 Å². The van der Waals surface area contributed by atoms with E-state index in [1.807, 2.05) is 48.7 Å². The van der Waals surface area contributed by atoms with Crippen molar-refractivity contribution in [3.8, 4) is 11.4 Å². The molecule has 1 heterocycles. The van der Waals surface area contributed by atoms with Gasteiger partial charge in [-0.3, -0.25) is 9.59 Å². The monoisotopic (exact) mass is 507 g/mol. The molecule has 1 aromatic heterocycles. The number of carboxylic acid groups (broad SMARTS) is 1. The van der Waals surface area contributed by atoms with Gasteiger partial charge in [0.05, 0.1) is 0 Å². The third-order valence-corrected chi connectivity index (χ3v) is 7.56. The molecule has 1 atom stereocenters. The summed E-state index contributed by atoms with van der Waals surface area (Å²) in [6, 6.07) is 15.6. The third-order valence-electron chi connectivity index (χ3n) is 6.36. The molecule has 6 nitrogen and oxygen atoms in total. The first-order valence-corrected chi connectivity index (χ1v) is 13.5. The maximum Gasteiger partial charge on any atom is 0.319 e. The number of unbranched alkanes of at least 4 members (excludes halogenated alkanes) is 2. The number of aromatic nitrogens is 2. The van der Waals surface area contributed by atoms with E-state index in [1.54, 1.807) is 13.8 Å². The summed E-state index contributed by atoms with van der Waals surface area (Å²) in [4.78, 5) is 30.3. The van der Waals surface area contributed by atoms with Crippen LogP contribution in [-0.4, -0.2) is 31.3 Å². The summed E-state index contributed by atoms with van der Waals surface area (Å²) < 4.78 is 1.13. The second-order valence-electron chi connectivity index (χ2n) is 9.64. The number of aliphatic carboxylic acids is 1. The zero-order valence-corrected chi connectivity index (χ0v) is 22.7. The summed E-state index contributed by atoms with van der Waals surface area (Å²) in [5, 5.41) is 12.5. The topological polar surface area (TPSA) is 84.2 Å². The number of amides is 1. The van der Waals surface area contributed by atoms with Crippen molar-refractivity contribution in [2.75, 3.05) is 5.32 Å². The van der Waals surface area contributed by atoms with Crippen LogP contribution in [0.2, 0.25) is 0 Å². The van der Waals surface area contributed by atoms with E-state index in [-0.39, 0.29) is 5.91 Å². The number of rotatable bonds is 12. The number of thioether (sulfide) groups is 1. The average Bonchev–Trinajstić information content (AvgIpc) is 3.28. The van der Waals surface area contributed by atoms with Gasteiger partial charge < -0.3 is 15.0 Å². The van der Waals surface area contributed by atoms with E-state index < -0.39 is 10.7 Å². The molecule has 2 N–H and O–H groups in total. The molecule has 0 bridgehead atoms. The van der Waals surface area contributed by atoms with Gasteiger partial charge in [-0.25, -0.2) is 4.98 Å². The molecule has 1 amide bonds. The van der Waals surface area contributed by atoms with Crippen molar-refractivity contribution in [3.63, 3.8) is 0 Å². The Morgan fingerprint density at radius 1 is 1.08 bits per heavy atom. The SMILES string of the molecule is CCCCCn1cc(C(=O)Nc2ccccc2C(C)CC)nc1-c1ccc(SC(C)(C)C(=O)O)cc1. The summed E-state index contributed by atoms with van der Waals surface area (Å²) in [6.07, 6.45) is 6.03. The van der Waals surface area contributed by atoms with Crippen molar-refractivity contribution in [2.45, 2.75) is 82.4 Å². The number of carbonyl (C=O) groups is 2. The number of aryl methyl sites for hydroxylation is 1. The van der Waals surface area contributed by atoms with E-state index in [2.05, 4.69) is 36.7 Å². The van der Waals surface area contributed by atoms with Crippen molar-refractivity contribution in [2.24, 2.45) is 0 Å². The summed E-state index contributed by atoms with van der Waals surface area (Å²) >= 11 is 1.30. The third kappa shape index (κ3) is 6.78. The molecule has 192 valence electrons. The quantitative estimate of drug-likeness (QED) is 0.196. The molecule has 36 heavy (non-hydrogen) atoms. The van der Waals surface area contributed by atoms with Crippen LogP contribution in [0, 0.1) is 0 Å². The summed E-state index contributed by atoms with van der Waals surface area (Å²) in [6.45, 7) is 10.6. The Labute approximate surface area is 218 Å². The van der Waals surface area contributed by atoms with Gasteiger partial charge in [0.15, 0.2) is 0 Å². The number of carbonyl (C=O) groups excluding carboxylic acids is 1. The number of hydrogen-bond donors (Lipinski definition) is 2. The number of nitrogens with one attached hydrogen (secondary N) is 1. The van der Waals surface area contributed by atoms with Crippen molar-refractivity contribution in [3.05, 3.63) is 66.0 Å². The van der Waals surface area contributed by atoms with Crippen LogP contribution in [0.5, 0.6) is 0 Å². The van der Waals surface area contributed by atoms with Crippen LogP contribution in [0.25, 0.3) is 11.4 Å². The lowest BCUT2D eigenvalue weighted by molar-refractivity contribution is -0.138. The van der Waals surface area contributed by atoms with Gasteiger partial charge in [0.25, 0.3) is 5.91 Å². The molecule has 3 aromatic rings. The molecule has 0 radical (unpaired) electrons. The fourth-order valence-corrected chi connectivity index (χ4v) is 4.86. The first-order chi connectivity index (χ1) is 17.2. The van der Waals surface area contributed by atoms with Gasteiger partial charge in [0, 0.05) is 28.9 Å². The molecule has 1 unspecified atom stereocenters. The Kier molecular flexibility index (Phi) is 9.37. The van der Waals surface area contributed by atoms with Gasteiger partial charge in [0.2, 0.25) is 0 Å². The average molecular weight is 508 g/mol. The number of para-hydroxylation sites is 1. The molecule has 0 aliphatic carbocycles. The van der Waals surface area contributed by atoms with Crippen LogP contribution in [0.3, 0.4) is 0 Å². The normalized spacial score (nSPS) is 12.4. The lowest BCUT2D eigenvalue weighted by Crippen LogP contribution is -2.26. The minimum atomic E-state index is -0.920. The number of imidazole rings is 1. The van der Waals surface area contributed by atoms with Crippen LogP contribution in [0.1, 0.15) is 82.3 Å².